The minimum Gasteiger partial charge on any atom is -0.468 e. The molecule has 0 saturated carbocycles. The molecule has 0 spiro atoms. The number of aromatic nitrogens is 1. The number of pyridine rings is 1. The first-order valence-corrected chi connectivity index (χ1v) is 6.00. The number of halogens is 2. The lowest BCUT2D eigenvalue weighted by Gasteiger charge is -2.03. The van der Waals surface area contributed by atoms with Crippen LogP contribution in [0.15, 0.2) is 12.1 Å². The van der Waals surface area contributed by atoms with E-state index in [4.69, 9.17) is 23.2 Å². The quantitative estimate of drug-likeness (QED) is 0.620. The van der Waals surface area contributed by atoms with Gasteiger partial charge in [-0.2, -0.15) is 0 Å². The van der Waals surface area contributed by atoms with Gasteiger partial charge in [-0.25, -0.2) is 4.98 Å². The number of carbonyl (C=O) groups excluding carboxylic acids is 1. The van der Waals surface area contributed by atoms with Crippen molar-refractivity contribution in [3.63, 3.8) is 0 Å². The maximum absolute atomic E-state index is 10.8. The zero-order valence-electron chi connectivity index (χ0n) is 8.00. The van der Waals surface area contributed by atoms with Crippen molar-refractivity contribution in [3.05, 3.63) is 28.0 Å². The Labute approximate surface area is 102 Å². The molecule has 0 bridgehead atoms. The van der Waals surface area contributed by atoms with Crippen molar-refractivity contribution in [1.82, 2.24) is 4.98 Å². The highest BCUT2D eigenvalue weighted by molar-refractivity contribution is 7.99. The summed E-state index contributed by atoms with van der Waals surface area (Å²) in [4.78, 5) is 14.9. The van der Waals surface area contributed by atoms with Gasteiger partial charge in [0.25, 0.3) is 0 Å². The van der Waals surface area contributed by atoms with Gasteiger partial charge >= 0.3 is 5.97 Å². The number of rotatable bonds is 4. The van der Waals surface area contributed by atoms with Crippen LogP contribution >= 0.6 is 35.0 Å². The maximum Gasteiger partial charge on any atom is 0.315 e. The summed E-state index contributed by atoms with van der Waals surface area (Å²) in [6, 6.07) is 3.31. The van der Waals surface area contributed by atoms with E-state index in [2.05, 4.69) is 9.72 Å². The smallest absolute Gasteiger partial charge is 0.315 e. The number of hydrogen-bond acceptors (Lipinski definition) is 4. The van der Waals surface area contributed by atoms with Gasteiger partial charge in [0.1, 0.15) is 5.15 Å². The number of carbonyl (C=O) groups is 1. The average Bonchev–Trinajstić information content (AvgIpc) is 2.23. The first kappa shape index (κ1) is 12.6. The van der Waals surface area contributed by atoms with Crippen LogP contribution in [0.3, 0.4) is 0 Å². The molecule has 1 aromatic rings. The Morgan fingerprint density at radius 2 is 2.27 bits per heavy atom. The Bertz CT molecular complexity index is 360. The van der Waals surface area contributed by atoms with Crippen LogP contribution in [0.1, 0.15) is 5.69 Å². The Morgan fingerprint density at radius 3 is 2.93 bits per heavy atom. The molecule has 0 fully saturated rings. The minimum absolute atomic E-state index is 0.266. The second kappa shape index (κ2) is 6.20. The second-order valence-corrected chi connectivity index (χ2v) is 4.41. The molecule has 1 aromatic heterocycles. The fourth-order valence-corrected chi connectivity index (χ4v) is 2.07. The first-order chi connectivity index (χ1) is 7.13. The van der Waals surface area contributed by atoms with Crippen LogP contribution in [0.25, 0.3) is 0 Å². The molecule has 0 N–H and O–H groups in total. The van der Waals surface area contributed by atoms with Crippen molar-refractivity contribution < 1.29 is 9.53 Å². The Balaban J connectivity index is 2.50. The number of ether oxygens (including phenoxy) is 1. The summed E-state index contributed by atoms with van der Waals surface area (Å²) in [7, 11) is 1.35. The first-order valence-electron chi connectivity index (χ1n) is 4.09. The molecule has 0 amide bonds. The van der Waals surface area contributed by atoms with Crippen molar-refractivity contribution in [1.29, 1.82) is 0 Å². The predicted octanol–water partition coefficient (Wildman–Crippen LogP) is 2.79. The molecule has 82 valence electrons. The molecule has 0 aliphatic carbocycles. The SMILES string of the molecule is COC(=O)CSCc1nc(Cl)ccc1Cl. The normalized spacial score (nSPS) is 10.1. The third-order valence-electron chi connectivity index (χ3n) is 1.57. The molecule has 0 aromatic carbocycles. The molecule has 0 aliphatic rings. The standard InChI is InChI=1S/C9H9Cl2NO2S/c1-14-9(13)5-15-4-7-6(10)2-3-8(11)12-7/h2-3H,4-5H2,1H3. The van der Waals surface area contributed by atoms with Crippen LogP contribution in [0.4, 0.5) is 0 Å². The van der Waals surface area contributed by atoms with E-state index in [0.29, 0.717) is 21.6 Å². The molecule has 1 heterocycles. The van der Waals surface area contributed by atoms with Gasteiger partial charge in [0, 0.05) is 5.75 Å². The van der Waals surface area contributed by atoms with E-state index in [0.717, 1.165) is 0 Å². The summed E-state index contributed by atoms with van der Waals surface area (Å²) >= 11 is 13.0. The summed E-state index contributed by atoms with van der Waals surface area (Å²) in [5.74, 6) is 0.549. The van der Waals surface area contributed by atoms with E-state index in [9.17, 15) is 4.79 Å². The van der Waals surface area contributed by atoms with Crippen molar-refractivity contribution in [2.24, 2.45) is 0 Å². The van der Waals surface area contributed by atoms with Crippen LogP contribution in [0, 0.1) is 0 Å². The summed E-state index contributed by atoms with van der Waals surface area (Å²) in [5, 5.41) is 0.949. The van der Waals surface area contributed by atoms with E-state index in [1.165, 1.54) is 18.9 Å². The largest absolute Gasteiger partial charge is 0.468 e. The minimum atomic E-state index is -0.266. The zero-order chi connectivity index (χ0) is 11.3. The van der Waals surface area contributed by atoms with Crippen LogP contribution < -0.4 is 0 Å². The maximum atomic E-state index is 10.8. The molecule has 0 radical (unpaired) electrons. The number of esters is 1. The van der Waals surface area contributed by atoms with Gasteiger partial charge in [-0.15, -0.1) is 11.8 Å². The van der Waals surface area contributed by atoms with Gasteiger partial charge < -0.3 is 4.74 Å². The van der Waals surface area contributed by atoms with Crippen molar-refractivity contribution >= 4 is 40.9 Å². The van der Waals surface area contributed by atoms with Crippen LogP contribution in [0.2, 0.25) is 10.2 Å². The van der Waals surface area contributed by atoms with Crippen molar-refractivity contribution in [2.45, 2.75) is 5.75 Å². The lowest BCUT2D eigenvalue weighted by Crippen LogP contribution is -2.03. The molecular formula is C9H9Cl2NO2S. The molecule has 6 heteroatoms. The van der Waals surface area contributed by atoms with E-state index in [1.54, 1.807) is 12.1 Å². The Morgan fingerprint density at radius 1 is 1.53 bits per heavy atom. The Hall–Kier alpha value is -0.450. The molecular weight excluding hydrogens is 257 g/mol. The average molecular weight is 266 g/mol. The van der Waals surface area contributed by atoms with Gasteiger partial charge in [-0.1, -0.05) is 23.2 Å². The highest BCUT2D eigenvalue weighted by Gasteiger charge is 2.05. The Kier molecular flexibility index (Phi) is 5.22. The zero-order valence-corrected chi connectivity index (χ0v) is 10.3. The lowest BCUT2D eigenvalue weighted by molar-refractivity contribution is -0.137. The van der Waals surface area contributed by atoms with Gasteiger partial charge in [-0.3, -0.25) is 4.79 Å². The van der Waals surface area contributed by atoms with E-state index in [1.807, 2.05) is 0 Å². The third kappa shape index (κ3) is 4.28. The highest BCUT2D eigenvalue weighted by atomic mass is 35.5. The highest BCUT2D eigenvalue weighted by Crippen LogP contribution is 2.21. The summed E-state index contributed by atoms with van der Waals surface area (Å²) in [5.41, 5.74) is 0.679. The summed E-state index contributed by atoms with van der Waals surface area (Å²) in [6.45, 7) is 0. The van der Waals surface area contributed by atoms with Gasteiger partial charge in [0.2, 0.25) is 0 Å². The van der Waals surface area contributed by atoms with Crippen molar-refractivity contribution in [2.75, 3.05) is 12.9 Å². The van der Waals surface area contributed by atoms with Crippen LogP contribution in [0.5, 0.6) is 0 Å². The predicted molar refractivity (Wildman–Crippen MR) is 62.4 cm³/mol. The monoisotopic (exact) mass is 265 g/mol. The van der Waals surface area contributed by atoms with Gasteiger partial charge in [0.15, 0.2) is 0 Å². The molecule has 0 unspecified atom stereocenters. The third-order valence-corrected chi connectivity index (χ3v) is 3.04. The molecule has 0 saturated heterocycles. The fourth-order valence-electron chi connectivity index (χ4n) is 0.849. The van der Waals surface area contributed by atoms with Crippen LogP contribution in [-0.4, -0.2) is 23.8 Å². The summed E-state index contributed by atoms with van der Waals surface area (Å²) in [6.07, 6.45) is 0. The van der Waals surface area contributed by atoms with E-state index < -0.39 is 0 Å². The number of hydrogen-bond donors (Lipinski definition) is 0. The number of methoxy groups -OCH3 is 1. The van der Waals surface area contributed by atoms with Crippen molar-refractivity contribution in [3.8, 4) is 0 Å². The number of thioether (sulfide) groups is 1. The van der Waals surface area contributed by atoms with Gasteiger partial charge in [-0.05, 0) is 12.1 Å². The molecule has 3 nitrogen and oxygen atoms in total. The molecule has 1 rings (SSSR count). The topological polar surface area (TPSA) is 39.2 Å². The lowest BCUT2D eigenvalue weighted by atomic mass is 10.4. The van der Waals surface area contributed by atoms with Gasteiger partial charge in [0.05, 0.1) is 23.6 Å². The van der Waals surface area contributed by atoms with E-state index >= 15 is 0 Å². The second-order valence-electron chi connectivity index (χ2n) is 2.63. The van der Waals surface area contributed by atoms with E-state index in [-0.39, 0.29) is 11.7 Å². The molecule has 0 aliphatic heterocycles. The molecule has 0 atom stereocenters. The van der Waals surface area contributed by atoms with Crippen LogP contribution in [-0.2, 0) is 15.3 Å². The number of nitrogens with zero attached hydrogens (tertiary/aromatic N) is 1. The molecule has 15 heavy (non-hydrogen) atoms. The summed E-state index contributed by atoms with van der Waals surface area (Å²) < 4.78 is 4.50. The fraction of sp³-hybridized carbons (Fsp3) is 0.333.